The van der Waals surface area contributed by atoms with Gasteiger partial charge in [0.15, 0.2) is 18.7 Å². The van der Waals surface area contributed by atoms with Gasteiger partial charge in [0.1, 0.15) is 55.4 Å². The first-order valence-corrected chi connectivity index (χ1v) is 27.8. The van der Waals surface area contributed by atoms with Crippen LogP contribution in [0.5, 0.6) is 0 Å². The lowest BCUT2D eigenvalue weighted by molar-refractivity contribution is -0.332. The first kappa shape index (κ1) is 64.6. The minimum Gasteiger partial charge on any atom is -0.462 e. The number of allylic oxidation sites excluding steroid dienone is 8. The summed E-state index contributed by atoms with van der Waals surface area (Å²) < 4.78 is 33.6. The molecule has 2 saturated heterocycles. The van der Waals surface area contributed by atoms with Gasteiger partial charge in [0.05, 0.1) is 19.8 Å². The van der Waals surface area contributed by atoms with Crippen LogP contribution < -0.4 is 0 Å². The zero-order valence-corrected chi connectivity index (χ0v) is 43.7. The highest BCUT2D eigenvalue weighted by molar-refractivity contribution is 5.70. The summed E-state index contributed by atoms with van der Waals surface area (Å²) in [5, 5.41) is 72.1. The molecule has 7 N–H and O–H groups in total. The van der Waals surface area contributed by atoms with Crippen molar-refractivity contribution in [1.29, 1.82) is 0 Å². The smallest absolute Gasteiger partial charge is 0.306 e. The Bertz CT molecular complexity index is 1420. The van der Waals surface area contributed by atoms with Crippen LogP contribution in [-0.4, -0.2) is 142 Å². The lowest BCUT2D eigenvalue weighted by Gasteiger charge is -2.42. The molecule has 2 rings (SSSR count). The largest absolute Gasteiger partial charge is 0.462 e. The van der Waals surface area contributed by atoms with Crippen LogP contribution in [0.25, 0.3) is 0 Å². The second kappa shape index (κ2) is 42.8. The number of carbonyl (C=O) groups is 2. The molecule has 0 radical (unpaired) electrons. The van der Waals surface area contributed by atoms with Crippen molar-refractivity contribution in [3.8, 4) is 0 Å². The van der Waals surface area contributed by atoms with Gasteiger partial charge in [-0.2, -0.15) is 0 Å². The van der Waals surface area contributed by atoms with Gasteiger partial charge in [-0.1, -0.05) is 178 Å². The summed E-state index contributed by atoms with van der Waals surface area (Å²) in [4.78, 5) is 25.8. The highest BCUT2D eigenvalue weighted by Gasteiger charge is 2.47. The van der Waals surface area contributed by atoms with E-state index < -0.39 is 99.3 Å². The van der Waals surface area contributed by atoms with Gasteiger partial charge in [-0.05, 0) is 57.8 Å². The number of carbonyl (C=O) groups excluding carboxylic acids is 2. The molecule has 11 atom stereocenters. The molecule has 0 aromatic heterocycles. The highest BCUT2D eigenvalue weighted by atomic mass is 16.7. The van der Waals surface area contributed by atoms with Crippen molar-refractivity contribution in [1.82, 2.24) is 0 Å². The topological polar surface area (TPSA) is 231 Å². The number of hydrogen-bond donors (Lipinski definition) is 7. The van der Waals surface area contributed by atoms with Gasteiger partial charge in [0, 0.05) is 12.8 Å². The molecular weight excluding hydrogens is 913 g/mol. The third-order valence-corrected chi connectivity index (χ3v) is 13.1. The number of esters is 2. The van der Waals surface area contributed by atoms with E-state index in [0.29, 0.717) is 12.8 Å². The minimum atomic E-state index is -1.77. The third kappa shape index (κ3) is 30.4. The molecule has 2 fully saturated rings. The molecule has 412 valence electrons. The fraction of sp³-hybridized carbons (Fsp3) is 0.821. The van der Waals surface area contributed by atoms with Gasteiger partial charge in [0.2, 0.25) is 0 Å². The van der Waals surface area contributed by atoms with Crippen molar-refractivity contribution in [2.24, 2.45) is 0 Å². The molecule has 15 nitrogen and oxygen atoms in total. The van der Waals surface area contributed by atoms with Crippen molar-refractivity contribution in [2.45, 2.75) is 268 Å². The molecule has 0 spiro atoms. The van der Waals surface area contributed by atoms with Crippen molar-refractivity contribution < 1.29 is 73.8 Å². The molecular formula is C56H98O15. The SMILES string of the molecule is CC/C=C/C=C/C=C/CCCCCCCC(=O)OC(COC(=O)CCCCCCCCC/C=C/CCCCCCCCCCCCC)CO[C@@H]1O[C@H](CO[C@@H]2O[C@H](CO)[C@H](O)C(O)C2O)[C@H](O)C(O)C1O. The van der Waals surface area contributed by atoms with Crippen molar-refractivity contribution >= 4 is 11.9 Å². The zero-order valence-electron chi connectivity index (χ0n) is 43.7. The summed E-state index contributed by atoms with van der Waals surface area (Å²) in [5.41, 5.74) is 0. The molecule has 0 aliphatic carbocycles. The Morgan fingerprint density at radius 2 is 0.901 bits per heavy atom. The van der Waals surface area contributed by atoms with Crippen LogP contribution in [0.15, 0.2) is 48.6 Å². The predicted molar refractivity (Wildman–Crippen MR) is 275 cm³/mol. The van der Waals surface area contributed by atoms with Crippen LogP contribution >= 0.6 is 0 Å². The minimum absolute atomic E-state index is 0.140. The lowest BCUT2D eigenvalue weighted by atomic mass is 9.98. The van der Waals surface area contributed by atoms with E-state index in [1.54, 1.807) is 0 Å². The first-order valence-electron chi connectivity index (χ1n) is 27.8. The quantitative estimate of drug-likeness (QED) is 0.0131. The summed E-state index contributed by atoms with van der Waals surface area (Å²) in [7, 11) is 0. The van der Waals surface area contributed by atoms with Crippen LogP contribution in [-0.2, 0) is 38.0 Å². The average molecular weight is 1010 g/mol. The van der Waals surface area contributed by atoms with E-state index in [2.05, 4.69) is 38.2 Å². The molecule has 5 unspecified atom stereocenters. The summed E-state index contributed by atoms with van der Waals surface area (Å²) in [6, 6.07) is 0. The summed E-state index contributed by atoms with van der Waals surface area (Å²) in [5.74, 6) is -0.952. The normalized spacial score (nSPS) is 25.5. The predicted octanol–water partition coefficient (Wildman–Crippen LogP) is 8.66. The number of rotatable bonds is 43. The second-order valence-corrected chi connectivity index (χ2v) is 19.4. The van der Waals surface area contributed by atoms with E-state index in [-0.39, 0.29) is 19.4 Å². The number of hydrogen-bond acceptors (Lipinski definition) is 15. The fourth-order valence-electron chi connectivity index (χ4n) is 8.57. The zero-order chi connectivity index (χ0) is 51.7. The number of aliphatic hydroxyl groups excluding tert-OH is 7. The van der Waals surface area contributed by atoms with Crippen LogP contribution in [0.1, 0.15) is 200 Å². The van der Waals surface area contributed by atoms with Crippen LogP contribution in [0, 0.1) is 0 Å². The van der Waals surface area contributed by atoms with E-state index >= 15 is 0 Å². The molecule has 2 aliphatic heterocycles. The molecule has 15 heteroatoms. The van der Waals surface area contributed by atoms with E-state index in [9.17, 15) is 45.3 Å². The number of aliphatic hydroxyl groups is 7. The molecule has 0 saturated carbocycles. The van der Waals surface area contributed by atoms with Gasteiger partial charge in [0.25, 0.3) is 0 Å². The Kier molecular flexibility index (Phi) is 38.9. The highest BCUT2D eigenvalue weighted by Crippen LogP contribution is 2.26. The average Bonchev–Trinajstić information content (AvgIpc) is 3.36. The Morgan fingerprint density at radius 3 is 1.42 bits per heavy atom. The van der Waals surface area contributed by atoms with Gasteiger partial charge < -0.3 is 64.2 Å². The molecule has 2 aliphatic rings. The Labute approximate surface area is 427 Å². The maximum Gasteiger partial charge on any atom is 0.306 e. The second-order valence-electron chi connectivity index (χ2n) is 19.4. The van der Waals surface area contributed by atoms with Crippen LogP contribution in [0.2, 0.25) is 0 Å². The van der Waals surface area contributed by atoms with Crippen LogP contribution in [0.3, 0.4) is 0 Å². The number of ether oxygens (including phenoxy) is 6. The van der Waals surface area contributed by atoms with Crippen molar-refractivity contribution in [2.75, 3.05) is 26.4 Å². The summed E-state index contributed by atoms with van der Waals surface area (Å²) in [6.45, 7) is 2.44. The van der Waals surface area contributed by atoms with Gasteiger partial charge in [-0.3, -0.25) is 9.59 Å². The maximum atomic E-state index is 13.0. The third-order valence-electron chi connectivity index (χ3n) is 13.1. The fourth-order valence-corrected chi connectivity index (χ4v) is 8.57. The molecule has 0 aromatic rings. The molecule has 0 amide bonds. The molecule has 0 bridgehead atoms. The van der Waals surface area contributed by atoms with Gasteiger partial charge >= 0.3 is 11.9 Å². The number of unbranched alkanes of at least 4 members (excludes halogenated alkanes) is 23. The van der Waals surface area contributed by atoms with Gasteiger partial charge in [-0.15, -0.1) is 0 Å². The van der Waals surface area contributed by atoms with Crippen LogP contribution in [0.4, 0.5) is 0 Å². The van der Waals surface area contributed by atoms with Crippen molar-refractivity contribution in [3.05, 3.63) is 48.6 Å². The first-order chi connectivity index (χ1) is 34.5. The standard InChI is InChI=1S/C56H98O15/c1-3-5-7-9-11-13-15-17-18-19-20-21-22-23-24-25-27-28-30-32-34-36-38-47(58)66-41-44(69-48(59)39-37-35-33-31-29-26-16-14-12-10-8-6-4-2)42-67-55-54(65)52(63)50(61)46(71-55)43-68-56-53(64)51(62)49(60)45(40-57)70-56/h6,8,10,12,14,16,22-23,44-46,49-57,60-65H,3-5,7,9,11,13,15,17-21,24-43H2,1-2H3/b8-6+,12-10+,16-14+,23-22+/t44?,45-,46-,49+,50+,51?,52?,53?,54?,55-,56-/m1/s1. The Balaban J connectivity index is 1.75. The monoisotopic (exact) mass is 1010 g/mol. The Morgan fingerprint density at radius 1 is 0.465 bits per heavy atom. The van der Waals surface area contributed by atoms with Gasteiger partial charge in [-0.25, -0.2) is 0 Å². The summed E-state index contributed by atoms with van der Waals surface area (Å²) >= 11 is 0. The van der Waals surface area contributed by atoms with Crippen molar-refractivity contribution in [3.63, 3.8) is 0 Å². The molecule has 0 aromatic carbocycles. The maximum absolute atomic E-state index is 13.0. The molecule has 2 heterocycles. The lowest BCUT2D eigenvalue weighted by Crippen LogP contribution is -2.61. The van der Waals surface area contributed by atoms with E-state index in [0.717, 1.165) is 64.2 Å². The van der Waals surface area contributed by atoms with E-state index in [1.807, 2.05) is 24.3 Å². The van der Waals surface area contributed by atoms with E-state index in [4.69, 9.17) is 28.4 Å². The van der Waals surface area contributed by atoms with E-state index in [1.165, 1.54) is 96.3 Å². The summed E-state index contributed by atoms with van der Waals surface area (Å²) in [6.07, 6.45) is 31.5. The Hall–Kier alpha value is -2.54. The molecule has 71 heavy (non-hydrogen) atoms.